The Bertz CT molecular complexity index is 261. The third-order valence-electron chi connectivity index (χ3n) is 1.05. The molecule has 0 aliphatic carbocycles. The standard InChI is InChI=1S/C8H12N2O3S/c1-12-6-10-8(14-3)9-5-4-7(11)13-2/h4-6H,1-3H3/b5-4+,9-8+,10-6+. The lowest BCUT2D eigenvalue weighted by Gasteiger charge is -1.92. The van der Waals surface area contributed by atoms with E-state index in [9.17, 15) is 4.79 Å². The number of methoxy groups -OCH3 is 2. The second-order valence-electron chi connectivity index (χ2n) is 1.92. The zero-order valence-corrected chi connectivity index (χ0v) is 9.08. The highest BCUT2D eigenvalue weighted by atomic mass is 32.2. The number of hydrogen-bond donors (Lipinski definition) is 0. The van der Waals surface area contributed by atoms with Crippen molar-refractivity contribution in [3.63, 3.8) is 0 Å². The fourth-order valence-electron chi connectivity index (χ4n) is 0.466. The molecule has 5 nitrogen and oxygen atoms in total. The molecule has 0 bridgehead atoms. The Morgan fingerprint density at radius 3 is 2.64 bits per heavy atom. The lowest BCUT2D eigenvalue weighted by molar-refractivity contribution is -0.134. The molecule has 0 saturated heterocycles. The predicted octanol–water partition coefficient (Wildman–Crippen LogP) is 1.07. The molecule has 0 saturated carbocycles. The Labute approximate surface area is 86.9 Å². The summed E-state index contributed by atoms with van der Waals surface area (Å²) in [7, 11) is 2.79. The van der Waals surface area contributed by atoms with Gasteiger partial charge in [-0.15, -0.1) is 0 Å². The van der Waals surface area contributed by atoms with Crippen molar-refractivity contribution in [2.24, 2.45) is 9.98 Å². The Balaban J connectivity index is 4.24. The number of carbonyl (C=O) groups is 1. The second kappa shape index (κ2) is 8.31. The number of carbonyl (C=O) groups excluding carboxylic acids is 1. The molecular formula is C8H12N2O3S. The van der Waals surface area contributed by atoms with Gasteiger partial charge in [-0.3, -0.25) is 0 Å². The number of ether oxygens (including phenoxy) is 2. The molecule has 0 aliphatic heterocycles. The van der Waals surface area contributed by atoms with Crippen LogP contribution in [-0.4, -0.2) is 38.0 Å². The zero-order chi connectivity index (χ0) is 10.8. The van der Waals surface area contributed by atoms with Gasteiger partial charge in [0.2, 0.25) is 0 Å². The molecule has 0 rings (SSSR count). The van der Waals surface area contributed by atoms with Gasteiger partial charge in [0.05, 0.1) is 14.2 Å². The molecule has 0 aromatic heterocycles. The van der Waals surface area contributed by atoms with Crippen molar-refractivity contribution in [1.82, 2.24) is 0 Å². The van der Waals surface area contributed by atoms with E-state index in [2.05, 4.69) is 19.5 Å². The lowest BCUT2D eigenvalue weighted by Crippen LogP contribution is -1.93. The van der Waals surface area contributed by atoms with E-state index in [4.69, 9.17) is 0 Å². The predicted molar refractivity (Wildman–Crippen MR) is 57.6 cm³/mol. The maximum atomic E-state index is 10.6. The Morgan fingerprint density at radius 2 is 2.14 bits per heavy atom. The Morgan fingerprint density at radius 1 is 1.43 bits per heavy atom. The fourth-order valence-corrected chi connectivity index (χ4v) is 0.781. The molecule has 0 amide bonds. The van der Waals surface area contributed by atoms with Crippen LogP contribution in [0.2, 0.25) is 0 Å². The van der Waals surface area contributed by atoms with Crippen molar-refractivity contribution in [3.8, 4) is 0 Å². The van der Waals surface area contributed by atoms with Crippen LogP contribution < -0.4 is 0 Å². The van der Waals surface area contributed by atoms with E-state index in [1.54, 1.807) is 0 Å². The summed E-state index contributed by atoms with van der Waals surface area (Å²) in [5.74, 6) is -0.454. The molecule has 0 heterocycles. The van der Waals surface area contributed by atoms with Gasteiger partial charge in [-0.1, -0.05) is 11.8 Å². The van der Waals surface area contributed by atoms with Crippen LogP contribution in [-0.2, 0) is 14.3 Å². The van der Waals surface area contributed by atoms with Crippen LogP contribution >= 0.6 is 11.8 Å². The number of nitrogens with zero attached hydrogens (tertiary/aromatic N) is 2. The summed E-state index contributed by atoms with van der Waals surface area (Å²) in [5, 5.41) is 0.493. The van der Waals surface area contributed by atoms with Gasteiger partial charge < -0.3 is 9.47 Å². The number of esters is 1. The third-order valence-corrected chi connectivity index (χ3v) is 1.62. The molecule has 0 atom stereocenters. The summed E-state index contributed by atoms with van der Waals surface area (Å²) in [6.07, 6.45) is 5.61. The van der Waals surface area contributed by atoms with Gasteiger partial charge in [-0.05, 0) is 6.26 Å². The highest BCUT2D eigenvalue weighted by Crippen LogP contribution is 1.99. The first-order chi connectivity index (χ1) is 6.74. The minimum Gasteiger partial charge on any atom is -0.486 e. The monoisotopic (exact) mass is 216 g/mol. The number of rotatable bonds is 3. The van der Waals surface area contributed by atoms with Crippen LogP contribution in [0.3, 0.4) is 0 Å². The quantitative estimate of drug-likeness (QED) is 0.306. The van der Waals surface area contributed by atoms with Crippen molar-refractivity contribution < 1.29 is 14.3 Å². The number of thioether (sulfide) groups is 1. The fraction of sp³-hybridized carbons (Fsp3) is 0.375. The van der Waals surface area contributed by atoms with E-state index in [0.717, 1.165) is 0 Å². The first-order valence-electron chi connectivity index (χ1n) is 3.66. The normalized spacial score (nSPS) is 12.4. The molecular weight excluding hydrogens is 204 g/mol. The van der Waals surface area contributed by atoms with Crippen LogP contribution in [0.25, 0.3) is 0 Å². The van der Waals surface area contributed by atoms with Gasteiger partial charge in [0.25, 0.3) is 0 Å². The van der Waals surface area contributed by atoms with Crippen LogP contribution in [0.4, 0.5) is 0 Å². The topological polar surface area (TPSA) is 60.2 Å². The van der Waals surface area contributed by atoms with Gasteiger partial charge >= 0.3 is 5.97 Å². The average molecular weight is 216 g/mol. The van der Waals surface area contributed by atoms with E-state index in [0.29, 0.717) is 5.17 Å². The van der Waals surface area contributed by atoms with E-state index in [1.807, 2.05) is 6.26 Å². The molecule has 0 radical (unpaired) electrons. The molecule has 0 aromatic carbocycles. The van der Waals surface area contributed by atoms with Crippen LogP contribution in [0.15, 0.2) is 22.3 Å². The van der Waals surface area contributed by atoms with Crippen molar-refractivity contribution in [2.75, 3.05) is 20.5 Å². The Kier molecular flexibility index (Phi) is 7.53. The van der Waals surface area contributed by atoms with Crippen molar-refractivity contribution in [1.29, 1.82) is 0 Å². The van der Waals surface area contributed by atoms with Gasteiger partial charge in [-0.25, -0.2) is 9.79 Å². The van der Waals surface area contributed by atoms with Gasteiger partial charge in [-0.2, -0.15) is 4.99 Å². The van der Waals surface area contributed by atoms with Crippen LogP contribution in [0, 0.1) is 0 Å². The molecule has 14 heavy (non-hydrogen) atoms. The number of aliphatic imine (C=N–C) groups is 2. The molecule has 0 spiro atoms. The summed E-state index contributed by atoms with van der Waals surface area (Å²) in [5.41, 5.74) is 0. The number of hydrogen-bond acceptors (Lipinski definition) is 5. The smallest absolute Gasteiger partial charge is 0.332 e. The maximum Gasteiger partial charge on any atom is 0.332 e. The van der Waals surface area contributed by atoms with Crippen LogP contribution in [0.1, 0.15) is 0 Å². The highest BCUT2D eigenvalue weighted by molar-refractivity contribution is 8.13. The number of amidine groups is 1. The summed E-state index contributed by atoms with van der Waals surface area (Å²) in [4.78, 5) is 18.4. The summed E-state index contributed by atoms with van der Waals surface area (Å²) >= 11 is 1.34. The summed E-state index contributed by atoms with van der Waals surface area (Å²) < 4.78 is 9.00. The van der Waals surface area contributed by atoms with Crippen molar-refractivity contribution in [2.45, 2.75) is 0 Å². The molecule has 6 heteroatoms. The van der Waals surface area contributed by atoms with Gasteiger partial charge in [0.15, 0.2) is 11.6 Å². The van der Waals surface area contributed by atoms with E-state index >= 15 is 0 Å². The minimum atomic E-state index is -0.454. The van der Waals surface area contributed by atoms with Crippen molar-refractivity contribution in [3.05, 3.63) is 12.3 Å². The molecule has 0 aromatic rings. The van der Waals surface area contributed by atoms with Gasteiger partial charge in [0, 0.05) is 12.3 Å². The first kappa shape index (κ1) is 12.7. The van der Waals surface area contributed by atoms with E-state index in [1.165, 1.54) is 44.7 Å². The molecule has 0 fully saturated rings. The van der Waals surface area contributed by atoms with Crippen LogP contribution in [0.5, 0.6) is 0 Å². The lowest BCUT2D eigenvalue weighted by atomic mass is 10.6. The summed E-state index contributed by atoms with van der Waals surface area (Å²) in [6, 6.07) is 0. The maximum absolute atomic E-state index is 10.6. The largest absolute Gasteiger partial charge is 0.486 e. The zero-order valence-electron chi connectivity index (χ0n) is 8.26. The van der Waals surface area contributed by atoms with Gasteiger partial charge in [0.1, 0.15) is 0 Å². The molecule has 0 aliphatic rings. The van der Waals surface area contributed by atoms with E-state index in [-0.39, 0.29) is 0 Å². The average Bonchev–Trinajstić information content (AvgIpc) is 2.22. The Hall–Kier alpha value is -1.30. The van der Waals surface area contributed by atoms with E-state index < -0.39 is 5.97 Å². The molecule has 0 unspecified atom stereocenters. The van der Waals surface area contributed by atoms with Crippen molar-refractivity contribution >= 4 is 29.3 Å². The molecule has 0 N–H and O–H groups in total. The minimum absolute atomic E-state index is 0.454. The highest BCUT2D eigenvalue weighted by Gasteiger charge is 1.91. The summed E-state index contributed by atoms with van der Waals surface area (Å²) in [6.45, 7) is 0. The first-order valence-corrected chi connectivity index (χ1v) is 4.88. The third kappa shape index (κ3) is 6.24. The molecule has 78 valence electrons. The second-order valence-corrected chi connectivity index (χ2v) is 2.70. The SMILES string of the molecule is CO/C=N/C(=N\C=C\C(=O)OC)SC.